The Balaban J connectivity index is 1.76. The summed E-state index contributed by atoms with van der Waals surface area (Å²) in [7, 11) is 0. The van der Waals surface area contributed by atoms with E-state index in [1.807, 2.05) is 56.0 Å². The summed E-state index contributed by atoms with van der Waals surface area (Å²) in [5, 5.41) is 5.07. The summed E-state index contributed by atoms with van der Waals surface area (Å²) in [5.41, 5.74) is 0.790. The summed E-state index contributed by atoms with van der Waals surface area (Å²) in [6.07, 6.45) is 0.832. The molecule has 0 unspecified atom stereocenters. The molecule has 0 bridgehead atoms. The lowest BCUT2D eigenvalue weighted by molar-refractivity contribution is -0.135. The number of benzene rings is 1. The van der Waals surface area contributed by atoms with Gasteiger partial charge in [-0.05, 0) is 62.3 Å². The highest BCUT2D eigenvalue weighted by Crippen LogP contribution is 2.34. The summed E-state index contributed by atoms with van der Waals surface area (Å²) in [6, 6.07) is 11.4. The van der Waals surface area contributed by atoms with Crippen LogP contribution in [0.2, 0.25) is 0 Å². The number of amides is 3. The van der Waals surface area contributed by atoms with Crippen LogP contribution in [0.3, 0.4) is 0 Å². The second-order valence-electron chi connectivity index (χ2n) is 9.73. The Morgan fingerprint density at radius 3 is 2.59 bits per heavy atom. The van der Waals surface area contributed by atoms with Gasteiger partial charge in [-0.25, -0.2) is 4.79 Å². The topological polar surface area (TPSA) is 61.9 Å². The highest BCUT2D eigenvalue weighted by atomic mass is 32.1. The number of para-hydroxylation sites is 1. The van der Waals surface area contributed by atoms with E-state index in [2.05, 4.69) is 30.6 Å². The van der Waals surface area contributed by atoms with E-state index in [0.29, 0.717) is 19.7 Å². The molecule has 0 aliphatic carbocycles. The van der Waals surface area contributed by atoms with Gasteiger partial charge in [0.05, 0.1) is 6.04 Å². The molecule has 1 N–H and O–H groups in total. The molecule has 0 saturated heterocycles. The van der Waals surface area contributed by atoms with Crippen molar-refractivity contribution >= 4 is 23.3 Å². The van der Waals surface area contributed by atoms with Gasteiger partial charge >= 0.3 is 6.03 Å². The number of hydrogen-bond acceptors (Lipinski definition) is 4. The fraction of sp³-hybridized carbons (Fsp3) is 0.520. The van der Waals surface area contributed by atoms with Crippen molar-refractivity contribution in [2.24, 2.45) is 5.92 Å². The van der Waals surface area contributed by atoms with Crippen LogP contribution in [-0.2, 0) is 11.2 Å². The van der Waals surface area contributed by atoms with Crippen molar-refractivity contribution in [3.63, 3.8) is 0 Å². The van der Waals surface area contributed by atoms with Crippen molar-refractivity contribution in [1.29, 1.82) is 0 Å². The number of nitrogens with zero attached hydrogens (tertiary/aromatic N) is 2. The van der Waals surface area contributed by atoms with Gasteiger partial charge < -0.3 is 19.9 Å². The Bertz CT molecular complexity index is 905. The van der Waals surface area contributed by atoms with Crippen LogP contribution in [0, 0.1) is 5.92 Å². The SMILES string of the molecule is CC(C)CN(CC(=O)N1CCc2sccc2[C@H]1COc1ccccc1)C(=O)NC(C)(C)C. The van der Waals surface area contributed by atoms with Gasteiger partial charge in [0.15, 0.2) is 0 Å². The molecule has 0 radical (unpaired) electrons. The van der Waals surface area contributed by atoms with Gasteiger partial charge in [-0.15, -0.1) is 11.3 Å². The first-order valence-electron chi connectivity index (χ1n) is 11.2. The minimum Gasteiger partial charge on any atom is -0.491 e. The van der Waals surface area contributed by atoms with Crippen LogP contribution in [0.5, 0.6) is 5.75 Å². The minimum absolute atomic E-state index is 0.0479. The first-order chi connectivity index (χ1) is 15.1. The zero-order valence-electron chi connectivity index (χ0n) is 19.8. The molecule has 2 heterocycles. The Kier molecular flexibility index (Phi) is 7.82. The molecule has 1 aromatic heterocycles. The molecule has 0 saturated carbocycles. The lowest BCUT2D eigenvalue weighted by atomic mass is 10.0. The van der Waals surface area contributed by atoms with E-state index in [9.17, 15) is 9.59 Å². The van der Waals surface area contributed by atoms with Crippen LogP contribution in [0.1, 0.15) is 51.1 Å². The van der Waals surface area contributed by atoms with E-state index in [1.54, 1.807) is 16.2 Å². The van der Waals surface area contributed by atoms with Crippen molar-refractivity contribution < 1.29 is 14.3 Å². The van der Waals surface area contributed by atoms with Crippen LogP contribution in [0.25, 0.3) is 0 Å². The number of rotatable bonds is 7. The highest BCUT2D eigenvalue weighted by molar-refractivity contribution is 7.10. The monoisotopic (exact) mass is 457 g/mol. The maximum absolute atomic E-state index is 13.5. The largest absolute Gasteiger partial charge is 0.491 e. The summed E-state index contributed by atoms with van der Waals surface area (Å²) in [5.74, 6) is 0.997. The van der Waals surface area contributed by atoms with E-state index in [1.165, 1.54) is 4.88 Å². The standard InChI is InChI=1S/C25H35N3O3S/c1-18(2)15-27(24(30)26-25(3,4)5)16-23(29)28-13-11-22-20(12-14-32-22)21(28)17-31-19-9-7-6-8-10-19/h6-10,12,14,18,21H,11,13,15-17H2,1-5H3,(H,26,30)/t21-/m1/s1. The van der Waals surface area contributed by atoms with Gasteiger partial charge in [0.2, 0.25) is 5.91 Å². The number of urea groups is 1. The van der Waals surface area contributed by atoms with Gasteiger partial charge in [-0.2, -0.15) is 0 Å². The first-order valence-corrected chi connectivity index (χ1v) is 12.1. The van der Waals surface area contributed by atoms with Crippen LogP contribution in [-0.4, -0.2) is 53.5 Å². The second-order valence-corrected chi connectivity index (χ2v) is 10.7. The van der Waals surface area contributed by atoms with Crippen LogP contribution in [0.15, 0.2) is 41.8 Å². The van der Waals surface area contributed by atoms with Gasteiger partial charge in [0.25, 0.3) is 0 Å². The second kappa shape index (κ2) is 10.4. The average Bonchev–Trinajstić information content (AvgIpc) is 3.19. The van der Waals surface area contributed by atoms with E-state index in [-0.39, 0.29) is 36.0 Å². The third kappa shape index (κ3) is 6.48. The van der Waals surface area contributed by atoms with Gasteiger partial charge in [-0.1, -0.05) is 32.0 Å². The Morgan fingerprint density at radius 2 is 1.94 bits per heavy atom. The highest BCUT2D eigenvalue weighted by Gasteiger charge is 2.34. The Hall–Kier alpha value is -2.54. The van der Waals surface area contributed by atoms with Crippen LogP contribution in [0.4, 0.5) is 4.79 Å². The third-order valence-electron chi connectivity index (χ3n) is 5.25. The number of thiophene rings is 1. The third-order valence-corrected chi connectivity index (χ3v) is 6.24. The minimum atomic E-state index is -0.363. The zero-order valence-corrected chi connectivity index (χ0v) is 20.6. The van der Waals surface area contributed by atoms with E-state index in [0.717, 1.165) is 17.7 Å². The summed E-state index contributed by atoms with van der Waals surface area (Å²) in [4.78, 5) is 31.2. The molecular formula is C25H35N3O3S. The Labute approximate surface area is 195 Å². The predicted octanol–water partition coefficient (Wildman–Crippen LogP) is 4.72. The lowest BCUT2D eigenvalue weighted by Gasteiger charge is -2.37. The molecule has 6 nitrogen and oxygen atoms in total. The van der Waals surface area contributed by atoms with Gasteiger partial charge in [-0.3, -0.25) is 4.79 Å². The summed E-state index contributed by atoms with van der Waals surface area (Å²) in [6.45, 7) is 11.5. The average molecular weight is 458 g/mol. The molecule has 3 amide bonds. The molecule has 1 aliphatic rings. The molecule has 7 heteroatoms. The fourth-order valence-electron chi connectivity index (χ4n) is 3.88. The molecule has 0 fully saturated rings. The number of fused-ring (bicyclic) bond motifs is 1. The summed E-state index contributed by atoms with van der Waals surface area (Å²) >= 11 is 1.73. The first kappa shape index (κ1) is 24.1. The quantitative estimate of drug-likeness (QED) is 0.654. The molecular weight excluding hydrogens is 422 g/mol. The van der Waals surface area contributed by atoms with Crippen molar-refractivity contribution in [3.05, 3.63) is 52.2 Å². The molecule has 1 atom stereocenters. The smallest absolute Gasteiger partial charge is 0.318 e. The number of ether oxygens (including phenoxy) is 1. The fourth-order valence-corrected chi connectivity index (χ4v) is 4.81. The number of carbonyl (C=O) groups excluding carboxylic acids is 2. The molecule has 174 valence electrons. The number of carbonyl (C=O) groups is 2. The van der Waals surface area contributed by atoms with Crippen molar-refractivity contribution in [2.45, 2.75) is 52.6 Å². The van der Waals surface area contributed by atoms with E-state index >= 15 is 0 Å². The van der Waals surface area contributed by atoms with Gasteiger partial charge in [0, 0.05) is 23.5 Å². The molecule has 0 spiro atoms. The molecule has 3 rings (SSSR count). The number of hydrogen-bond donors (Lipinski definition) is 1. The summed E-state index contributed by atoms with van der Waals surface area (Å²) < 4.78 is 6.05. The van der Waals surface area contributed by atoms with Crippen molar-refractivity contribution in [2.75, 3.05) is 26.2 Å². The lowest BCUT2D eigenvalue weighted by Crippen LogP contribution is -2.53. The maximum atomic E-state index is 13.5. The van der Waals surface area contributed by atoms with E-state index in [4.69, 9.17) is 4.74 Å². The molecule has 1 aromatic carbocycles. The molecule has 1 aliphatic heterocycles. The van der Waals surface area contributed by atoms with Crippen LogP contribution >= 0.6 is 11.3 Å². The molecule has 32 heavy (non-hydrogen) atoms. The zero-order chi connectivity index (χ0) is 23.3. The normalized spacial score (nSPS) is 15.9. The van der Waals surface area contributed by atoms with Crippen LogP contribution < -0.4 is 10.1 Å². The Morgan fingerprint density at radius 1 is 1.22 bits per heavy atom. The molecule has 2 aromatic rings. The van der Waals surface area contributed by atoms with Crippen molar-refractivity contribution in [1.82, 2.24) is 15.1 Å². The maximum Gasteiger partial charge on any atom is 0.318 e. The predicted molar refractivity (Wildman–Crippen MR) is 129 cm³/mol. The van der Waals surface area contributed by atoms with Crippen molar-refractivity contribution in [3.8, 4) is 5.75 Å². The number of nitrogens with one attached hydrogen (secondary N) is 1. The van der Waals surface area contributed by atoms with E-state index < -0.39 is 0 Å². The van der Waals surface area contributed by atoms with Gasteiger partial charge in [0.1, 0.15) is 18.9 Å².